The molecule has 0 N–H and O–H groups in total. The summed E-state index contributed by atoms with van der Waals surface area (Å²) in [7, 11) is 4.77. The van der Waals surface area contributed by atoms with Crippen LogP contribution in [0.2, 0.25) is 0 Å². The van der Waals surface area contributed by atoms with Crippen molar-refractivity contribution in [3.8, 4) is 17.3 Å². The van der Waals surface area contributed by atoms with Crippen molar-refractivity contribution in [3.63, 3.8) is 0 Å². The van der Waals surface area contributed by atoms with Crippen LogP contribution in [-0.2, 0) is 19.8 Å². The molecule has 0 spiro atoms. The lowest BCUT2D eigenvalue weighted by atomic mass is 10.2. The van der Waals surface area contributed by atoms with E-state index < -0.39 is 11.7 Å². The van der Waals surface area contributed by atoms with E-state index in [0.29, 0.717) is 24.7 Å². The molecule has 0 aliphatic carbocycles. The number of nitrogens with zero attached hydrogens (tertiary/aromatic N) is 5. The van der Waals surface area contributed by atoms with Gasteiger partial charge >= 0.3 is 6.18 Å². The largest absolute Gasteiger partial charge is 0.496 e. The van der Waals surface area contributed by atoms with Gasteiger partial charge in [-0.05, 0) is 33.6 Å². The van der Waals surface area contributed by atoms with Crippen molar-refractivity contribution in [2.45, 2.75) is 12.7 Å². The number of halogens is 4. The Morgan fingerprint density at radius 2 is 1.90 bits per heavy atom. The predicted octanol–water partition coefficient (Wildman–Crippen LogP) is 3.94. The molecule has 0 saturated carbocycles. The topological polar surface area (TPSA) is 73.1 Å². The highest BCUT2D eigenvalue weighted by Gasteiger charge is 2.31. The van der Waals surface area contributed by atoms with Gasteiger partial charge < -0.3 is 9.64 Å². The van der Waals surface area contributed by atoms with Crippen LogP contribution < -0.4 is 4.74 Å². The molecule has 1 aromatic carbocycles. The molecule has 2 aromatic heterocycles. The second kappa shape index (κ2) is 8.42. The van der Waals surface area contributed by atoms with Gasteiger partial charge in [0.15, 0.2) is 5.82 Å². The van der Waals surface area contributed by atoms with Crippen molar-refractivity contribution in [3.05, 3.63) is 58.0 Å². The number of carbonyl (C=O) groups is 1. The maximum Gasteiger partial charge on any atom is 0.419 e. The van der Waals surface area contributed by atoms with Crippen LogP contribution in [0.1, 0.15) is 21.6 Å². The molecule has 0 atom stereocenters. The molecule has 11 heteroatoms. The van der Waals surface area contributed by atoms with E-state index >= 15 is 0 Å². The molecule has 158 valence electrons. The Morgan fingerprint density at radius 1 is 1.23 bits per heavy atom. The fraction of sp³-hybridized carbons (Fsp3) is 0.263. The van der Waals surface area contributed by atoms with Gasteiger partial charge in [0.2, 0.25) is 0 Å². The maximum absolute atomic E-state index is 12.8. The Balaban J connectivity index is 1.78. The second-order valence-corrected chi connectivity index (χ2v) is 7.32. The van der Waals surface area contributed by atoms with Gasteiger partial charge in [-0.2, -0.15) is 18.3 Å². The zero-order valence-corrected chi connectivity index (χ0v) is 17.8. The number of aryl methyl sites for hydroxylation is 1. The van der Waals surface area contributed by atoms with Gasteiger partial charge in [-0.1, -0.05) is 6.07 Å². The Hall–Kier alpha value is -2.95. The molecule has 1 amide bonds. The third-order valence-corrected chi connectivity index (χ3v) is 4.91. The van der Waals surface area contributed by atoms with Gasteiger partial charge in [-0.25, -0.2) is 9.97 Å². The molecule has 0 unspecified atom stereocenters. The van der Waals surface area contributed by atoms with Crippen molar-refractivity contribution in [1.29, 1.82) is 0 Å². The average Bonchev–Trinajstić information content (AvgIpc) is 3.08. The summed E-state index contributed by atoms with van der Waals surface area (Å²) in [4.78, 5) is 21.8. The van der Waals surface area contributed by atoms with Gasteiger partial charge in [0.25, 0.3) is 5.91 Å². The third kappa shape index (κ3) is 4.61. The average molecular weight is 484 g/mol. The van der Waals surface area contributed by atoms with E-state index in [2.05, 4.69) is 31.0 Å². The number of amides is 1. The second-order valence-electron chi connectivity index (χ2n) is 6.46. The van der Waals surface area contributed by atoms with Gasteiger partial charge in [0.1, 0.15) is 17.1 Å². The molecule has 0 aliphatic rings. The highest BCUT2D eigenvalue weighted by molar-refractivity contribution is 9.10. The van der Waals surface area contributed by atoms with E-state index in [-0.39, 0.29) is 23.1 Å². The number of hydrogen-bond donors (Lipinski definition) is 0. The number of ether oxygens (including phenoxy) is 1. The van der Waals surface area contributed by atoms with Crippen molar-refractivity contribution in [2.75, 3.05) is 14.2 Å². The molecule has 0 fully saturated rings. The van der Waals surface area contributed by atoms with Gasteiger partial charge in [0.05, 0.1) is 17.1 Å². The van der Waals surface area contributed by atoms with Gasteiger partial charge in [0, 0.05) is 39.1 Å². The molecule has 0 bridgehead atoms. The molecule has 0 radical (unpaired) electrons. The summed E-state index contributed by atoms with van der Waals surface area (Å²) in [5, 5.41) is 4.16. The highest BCUT2D eigenvalue weighted by atomic mass is 79.9. The van der Waals surface area contributed by atoms with Crippen molar-refractivity contribution < 1.29 is 22.7 Å². The zero-order valence-electron chi connectivity index (χ0n) is 16.2. The maximum atomic E-state index is 12.8. The summed E-state index contributed by atoms with van der Waals surface area (Å²) in [5.41, 5.74) is 0.384. The highest BCUT2D eigenvalue weighted by Crippen LogP contribution is 2.29. The van der Waals surface area contributed by atoms with Crippen LogP contribution >= 0.6 is 15.9 Å². The van der Waals surface area contributed by atoms with E-state index in [1.54, 1.807) is 27.3 Å². The number of alkyl halides is 3. The summed E-state index contributed by atoms with van der Waals surface area (Å²) in [5.74, 6) is 0.370. The molecule has 3 rings (SSSR count). The number of benzene rings is 1. The summed E-state index contributed by atoms with van der Waals surface area (Å²) in [6.07, 6.45) is -3.15. The lowest BCUT2D eigenvalue weighted by Gasteiger charge is -2.17. The van der Waals surface area contributed by atoms with Crippen LogP contribution in [0.3, 0.4) is 0 Å². The minimum Gasteiger partial charge on any atom is -0.496 e. The smallest absolute Gasteiger partial charge is 0.419 e. The van der Waals surface area contributed by atoms with Crippen molar-refractivity contribution >= 4 is 21.8 Å². The van der Waals surface area contributed by atoms with Crippen LogP contribution in [-0.4, -0.2) is 44.7 Å². The van der Waals surface area contributed by atoms with Crippen LogP contribution in [0.4, 0.5) is 13.2 Å². The van der Waals surface area contributed by atoms with Crippen LogP contribution in [0.15, 0.2) is 41.1 Å². The Morgan fingerprint density at radius 3 is 2.47 bits per heavy atom. The van der Waals surface area contributed by atoms with Crippen LogP contribution in [0.5, 0.6) is 5.75 Å². The summed E-state index contributed by atoms with van der Waals surface area (Å²) in [6.45, 7) is 0.332. The van der Waals surface area contributed by atoms with Crippen molar-refractivity contribution in [2.24, 2.45) is 7.05 Å². The molecule has 0 saturated heterocycles. The molecule has 30 heavy (non-hydrogen) atoms. The molecular weight excluding hydrogens is 467 g/mol. The summed E-state index contributed by atoms with van der Waals surface area (Å²) >= 11 is 3.41. The molecule has 0 aliphatic heterocycles. The fourth-order valence-corrected chi connectivity index (χ4v) is 3.32. The molecule has 2 heterocycles. The summed E-state index contributed by atoms with van der Waals surface area (Å²) in [6, 6.07) is 6.94. The Bertz CT molecular complexity index is 1070. The molecular formula is C19H17BrF3N5O2. The first-order valence-electron chi connectivity index (χ1n) is 8.61. The molecule has 3 aromatic rings. The predicted molar refractivity (Wildman–Crippen MR) is 106 cm³/mol. The number of aromatic nitrogens is 4. The lowest BCUT2D eigenvalue weighted by molar-refractivity contribution is -0.138. The number of rotatable bonds is 5. The number of carbonyl (C=O) groups excluding carboxylic acids is 1. The first kappa shape index (κ1) is 21.8. The van der Waals surface area contributed by atoms with E-state index in [9.17, 15) is 18.0 Å². The lowest BCUT2D eigenvalue weighted by Crippen LogP contribution is -2.28. The quantitative estimate of drug-likeness (QED) is 0.549. The van der Waals surface area contributed by atoms with E-state index in [1.165, 1.54) is 15.6 Å². The SMILES string of the molecule is COc1ccc(CN(C)C(=O)c2cc(-c3ncc(C(F)(F)F)cn3)nn2C)cc1Br. The molecule has 7 nitrogen and oxygen atoms in total. The fourth-order valence-electron chi connectivity index (χ4n) is 2.73. The number of hydrogen-bond acceptors (Lipinski definition) is 5. The Kier molecular flexibility index (Phi) is 6.11. The third-order valence-electron chi connectivity index (χ3n) is 4.29. The number of methoxy groups -OCH3 is 1. The van der Waals surface area contributed by atoms with E-state index in [4.69, 9.17) is 4.74 Å². The standard InChI is InChI=1S/C19H17BrF3N5O2/c1-27(10-11-4-5-16(30-3)13(20)6-11)18(29)15-7-14(26-28(15)2)17-24-8-12(9-25-17)19(21,22)23/h4-9H,10H2,1-3H3. The Labute approximate surface area is 178 Å². The normalized spacial score (nSPS) is 11.4. The van der Waals surface area contributed by atoms with E-state index in [1.807, 2.05) is 12.1 Å². The van der Waals surface area contributed by atoms with Gasteiger partial charge in [-0.15, -0.1) is 0 Å². The van der Waals surface area contributed by atoms with Crippen molar-refractivity contribution in [1.82, 2.24) is 24.6 Å². The van der Waals surface area contributed by atoms with E-state index in [0.717, 1.165) is 10.0 Å². The van der Waals surface area contributed by atoms with Crippen LogP contribution in [0.25, 0.3) is 11.5 Å². The first-order chi connectivity index (χ1) is 14.1. The minimum absolute atomic E-state index is 0.000567. The summed E-state index contributed by atoms with van der Waals surface area (Å²) < 4.78 is 45.3. The minimum atomic E-state index is -4.52. The monoisotopic (exact) mass is 483 g/mol. The van der Waals surface area contributed by atoms with Gasteiger partial charge in [-0.3, -0.25) is 9.48 Å². The first-order valence-corrected chi connectivity index (χ1v) is 9.41. The zero-order chi connectivity index (χ0) is 22.1. The van der Waals surface area contributed by atoms with Crippen LogP contribution in [0, 0.1) is 0 Å².